The number of aromatic hydroxyl groups is 1. The second-order valence-electron chi connectivity index (χ2n) is 8.13. The van der Waals surface area contributed by atoms with E-state index < -0.39 is 0 Å². The largest absolute Gasteiger partial charge is 0.508 e. The van der Waals surface area contributed by atoms with Crippen LogP contribution in [0.3, 0.4) is 0 Å². The van der Waals surface area contributed by atoms with Crippen molar-refractivity contribution in [3.8, 4) is 5.75 Å². The first kappa shape index (κ1) is 24.7. The summed E-state index contributed by atoms with van der Waals surface area (Å²) < 4.78 is 0. The highest BCUT2D eigenvalue weighted by Gasteiger charge is 2.23. The lowest BCUT2D eigenvalue weighted by Gasteiger charge is -2.32. The fraction of sp³-hybridized carbons (Fsp3) is 0.375. The number of nitrogens with one attached hydrogen (secondary N) is 2. The number of likely N-dealkylation sites (tertiary alicyclic amines) is 1. The molecule has 2 heterocycles. The van der Waals surface area contributed by atoms with Crippen molar-refractivity contribution in [2.45, 2.75) is 39.2 Å². The van der Waals surface area contributed by atoms with E-state index in [9.17, 15) is 9.90 Å². The molecule has 0 radical (unpaired) electrons. The molecule has 6 nitrogen and oxygen atoms in total. The van der Waals surface area contributed by atoms with Crippen LogP contribution < -0.4 is 5.32 Å². The summed E-state index contributed by atoms with van der Waals surface area (Å²) in [5, 5.41) is 14.1. The van der Waals surface area contributed by atoms with E-state index in [-0.39, 0.29) is 35.6 Å². The molecule has 1 aliphatic rings. The van der Waals surface area contributed by atoms with E-state index in [1.54, 1.807) is 6.07 Å². The van der Waals surface area contributed by atoms with Gasteiger partial charge in [0, 0.05) is 42.3 Å². The number of rotatable bonds is 5. The van der Waals surface area contributed by atoms with Gasteiger partial charge in [-0.3, -0.25) is 4.79 Å². The highest BCUT2D eigenvalue weighted by Crippen LogP contribution is 2.29. The zero-order valence-electron chi connectivity index (χ0n) is 18.1. The van der Waals surface area contributed by atoms with E-state index in [2.05, 4.69) is 45.5 Å². The quantitative estimate of drug-likeness (QED) is 0.560. The van der Waals surface area contributed by atoms with E-state index in [0.29, 0.717) is 5.56 Å². The number of phenols is 1. The summed E-state index contributed by atoms with van der Waals surface area (Å²) in [6.07, 6.45) is 2.99. The number of hydrogen-bond acceptors (Lipinski definition) is 3. The van der Waals surface area contributed by atoms with Gasteiger partial charge in [0.1, 0.15) is 5.75 Å². The Morgan fingerprint density at radius 1 is 1.16 bits per heavy atom. The third-order valence-electron chi connectivity index (χ3n) is 6.01. The Kier molecular flexibility index (Phi) is 8.51. The first-order valence-corrected chi connectivity index (χ1v) is 10.4. The normalized spacial score (nSPS) is 14.6. The molecule has 31 heavy (non-hydrogen) atoms. The molecular formula is C24H32ClN3O3. The van der Waals surface area contributed by atoms with E-state index in [0.717, 1.165) is 61.1 Å². The van der Waals surface area contributed by atoms with Crippen LogP contribution in [0, 0.1) is 13.8 Å². The molecule has 0 unspecified atom stereocenters. The fourth-order valence-electron chi connectivity index (χ4n) is 4.26. The second kappa shape index (κ2) is 10.7. The maximum Gasteiger partial charge on any atom is 0.253 e. The summed E-state index contributed by atoms with van der Waals surface area (Å²) in [5.41, 5.74) is 4.54. The predicted molar refractivity (Wildman–Crippen MR) is 127 cm³/mol. The Hall–Kier alpha value is -2.54. The summed E-state index contributed by atoms with van der Waals surface area (Å²) in [5.74, 6) is 0.164. The Labute approximate surface area is 189 Å². The molecule has 0 spiro atoms. The van der Waals surface area contributed by atoms with Crippen molar-refractivity contribution in [3.63, 3.8) is 0 Å². The smallest absolute Gasteiger partial charge is 0.253 e. The standard InChI is InChI=1S/C24H29N3O2.ClH.H2O/c1-16-14-21-20(15-22(16)28)23(17(2)25-21)24(29)26-19-9-12-27(13-10-19)11-8-18-6-4-3-5-7-18;;/h3-7,14-15,19,25,28H,8-13H2,1-2H3,(H,26,29);1H;1H2. The van der Waals surface area contributed by atoms with Crippen LogP contribution in [-0.4, -0.2) is 52.0 Å². The van der Waals surface area contributed by atoms with Gasteiger partial charge in [-0.1, -0.05) is 30.3 Å². The summed E-state index contributed by atoms with van der Waals surface area (Å²) in [6.45, 7) is 6.84. The SMILES string of the molecule is Cc1cc2[nH]c(C)c(C(=O)NC3CCN(CCc4ccccc4)CC3)c2cc1O.Cl.O. The number of carbonyl (C=O) groups excluding carboxylic acids is 1. The van der Waals surface area contributed by atoms with Gasteiger partial charge < -0.3 is 25.8 Å². The molecule has 0 atom stereocenters. The van der Waals surface area contributed by atoms with Gasteiger partial charge in [0.2, 0.25) is 0 Å². The van der Waals surface area contributed by atoms with E-state index in [4.69, 9.17) is 0 Å². The average molecular weight is 446 g/mol. The van der Waals surface area contributed by atoms with Gasteiger partial charge in [-0.05, 0) is 56.4 Å². The zero-order chi connectivity index (χ0) is 20.4. The molecule has 1 amide bonds. The minimum atomic E-state index is -0.0558. The van der Waals surface area contributed by atoms with Gasteiger partial charge in [-0.15, -0.1) is 12.4 Å². The minimum absolute atomic E-state index is 0. The van der Waals surface area contributed by atoms with E-state index in [1.165, 1.54) is 5.56 Å². The van der Waals surface area contributed by atoms with Gasteiger partial charge in [-0.25, -0.2) is 0 Å². The van der Waals surface area contributed by atoms with Crippen molar-refractivity contribution >= 4 is 29.2 Å². The lowest BCUT2D eigenvalue weighted by molar-refractivity contribution is 0.0912. The van der Waals surface area contributed by atoms with Gasteiger partial charge >= 0.3 is 0 Å². The van der Waals surface area contributed by atoms with Crippen LogP contribution in [0.15, 0.2) is 42.5 Å². The summed E-state index contributed by atoms with van der Waals surface area (Å²) in [7, 11) is 0. The molecule has 0 bridgehead atoms. The third-order valence-corrected chi connectivity index (χ3v) is 6.01. The maximum absolute atomic E-state index is 13.0. The van der Waals surface area contributed by atoms with Crippen molar-refractivity contribution in [2.24, 2.45) is 0 Å². The highest BCUT2D eigenvalue weighted by atomic mass is 35.5. The number of piperidine rings is 1. The molecule has 168 valence electrons. The number of carbonyl (C=O) groups is 1. The molecule has 1 fully saturated rings. The molecule has 1 aliphatic heterocycles. The first-order chi connectivity index (χ1) is 14.0. The molecule has 0 aliphatic carbocycles. The van der Waals surface area contributed by atoms with Crippen LogP contribution in [0.2, 0.25) is 0 Å². The Bertz CT molecular complexity index is 1010. The number of phenolic OH excluding ortho intramolecular Hbond substituents is 1. The summed E-state index contributed by atoms with van der Waals surface area (Å²) in [4.78, 5) is 18.7. The number of hydrogen-bond donors (Lipinski definition) is 3. The van der Waals surface area contributed by atoms with Crippen molar-refractivity contribution < 1.29 is 15.4 Å². The lowest BCUT2D eigenvalue weighted by Crippen LogP contribution is -2.45. The maximum atomic E-state index is 13.0. The Balaban J connectivity index is 0.00000171. The highest BCUT2D eigenvalue weighted by molar-refractivity contribution is 6.08. The van der Waals surface area contributed by atoms with Crippen LogP contribution in [0.4, 0.5) is 0 Å². The molecule has 1 aromatic heterocycles. The second-order valence-corrected chi connectivity index (χ2v) is 8.13. The molecule has 3 aromatic rings. The summed E-state index contributed by atoms with van der Waals surface area (Å²) >= 11 is 0. The van der Waals surface area contributed by atoms with Crippen molar-refractivity contribution in [3.05, 3.63) is 64.8 Å². The Morgan fingerprint density at radius 2 is 1.84 bits per heavy atom. The monoisotopic (exact) mass is 445 g/mol. The minimum Gasteiger partial charge on any atom is -0.508 e. The molecule has 0 saturated carbocycles. The number of aromatic amines is 1. The number of benzene rings is 2. The van der Waals surface area contributed by atoms with E-state index in [1.807, 2.05) is 19.9 Å². The first-order valence-electron chi connectivity index (χ1n) is 10.4. The van der Waals surface area contributed by atoms with Crippen LogP contribution in [0.25, 0.3) is 10.9 Å². The van der Waals surface area contributed by atoms with Gasteiger partial charge in [-0.2, -0.15) is 0 Å². The van der Waals surface area contributed by atoms with Gasteiger partial charge in [0.25, 0.3) is 5.91 Å². The predicted octanol–water partition coefficient (Wildman–Crippen LogP) is 3.52. The number of halogens is 1. The van der Waals surface area contributed by atoms with Gasteiger partial charge in [0.15, 0.2) is 0 Å². The molecular weight excluding hydrogens is 414 g/mol. The van der Waals surface area contributed by atoms with Gasteiger partial charge in [0.05, 0.1) is 5.56 Å². The molecule has 5 N–H and O–H groups in total. The number of aryl methyl sites for hydroxylation is 2. The fourth-order valence-corrected chi connectivity index (χ4v) is 4.26. The topological polar surface area (TPSA) is 99.9 Å². The molecule has 7 heteroatoms. The molecule has 1 saturated heterocycles. The van der Waals surface area contributed by atoms with Crippen molar-refractivity contribution in [2.75, 3.05) is 19.6 Å². The number of nitrogens with zero attached hydrogens (tertiary/aromatic N) is 1. The number of amides is 1. The van der Waals surface area contributed by atoms with Crippen LogP contribution in [-0.2, 0) is 6.42 Å². The lowest BCUT2D eigenvalue weighted by atomic mass is 10.0. The van der Waals surface area contributed by atoms with Crippen molar-refractivity contribution in [1.82, 2.24) is 15.2 Å². The third kappa shape index (κ3) is 5.58. The molecule has 2 aromatic carbocycles. The number of fused-ring (bicyclic) bond motifs is 1. The van der Waals surface area contributed by atoms with Crippen LogP contribution >= 0.6 is 12.4 Å². The van der Waals surface area contributed by atoms with E-state index >= 15 is 0 Å². The van der Waals surface area contributed by atoms with Crippen molar-refractivity contribution in [1.29, 1.82) is 0 Å². The molecule has 4 rings (SSSR count). The number of aromatic nitrogens is 1. The van der Waals surface area contributed by atoms with Crippen LogP contribution in [0.1, 0.15) is 40.0 Å². The zero-order valence-corrected chi connectivity index (χ0v) is 18.9. The Morgan fingerprint density at radius 3 is 2.52 bits per heavy atom. The summed E-state index contributed by atoms with van der Waals surface area (Å²) in [6, 6.07) is 14.4. The van der Waals surface area contributed by atoms with Crippen LogP contribution in [0.5, 0.6) is 5.75 Å². The number of H-pyrrole nitrogens is 1. The average Bonchev–Trinajstić information content (AvgIpc) is 3.03.